The number of anilines is 4. The molecule has 202 valence electrons. The van der Waals surface area contributed by atoms with Crippen molar-refractivity contribution in [3.63, 3.8) is 0 Å². The first-order chi connectivity index (χ1) is 18.9. The first-order valence-corrected chi connectivity index (χ1v) is 13.0. The van der Waals surface area contributed by atoms with Gasteiger partial charge in [-0.15, -0.1) is 0 Å². The minimum Gasteiger partial charge on any atom is -0.494 e. The Morgan fingerprint density at radius 1 is 1.23 bits per heavy atom. The summed E-state index contributed by atoms with van der Waals surface area (Å²) in [6, 6.07) is 14.3. The second-order valence-electron chi connectivity index (χ2n) is 9.92. The Hall–Kier alpha value is -4.44. The Kier molecular flexibility index (Phi) is 7.47. The minimum atomic E-state index is -0.279. The van der Waals surface area contributed by atoms with Gasteiger partial charge in [-0.25, -0.2) is 9.55 Å². The number of likely N-dealkylation sites (N-methyl/N-ethyl adjacent to an activating group) is 1. The van der Waals surface area contributed by atoms with Crippen molar-refractivity contribution < 1.29 is 14.1 Å². The number of piperidine rings is 1. The van der Waals surface area contributed by atoms with Crippen LogP contribution in [0.4, 0.5) is 23.0 Å². The molecule has 1 aliphatic rings. The summed E-state index contributed by atoms with van der Waals surface area (Å²) in [6.45, 7) is 5.37. The Morgan fingerprint density at radius 2 is 2.05 bits per heavy atom. The lowest BCUT2D eigenvalue weighted by Gasteiger charge is -2.38. The van der Waals surface area contributed by atoms with Crippen molar-refractivity contribution in [2.45, 2.75) is 18.9 Å². The molecule has 39 heavy (non-hydrogen) atoms. The zero-order valence-corrected chi connectivity index (χ0v) is 22.9. The predicted octanol–water partition coefficient (Wildman–Crippen LogP) is 3.65. The number of ether oxygens (including phenoxy) is 1. The highest BCUT2D eigenvalue weighted by atomic mass is 16.5. The Morgan fingerprint density at radius 3 is 2.82 bits per heavy atom. The molecule has 2 aromatic heterocycles. The molecule has 1 fully saturated rings. The van der Waals surface area contributed by atoms with Crippen molar-refractivity contribution in [2.24, 2.45) is 7.05 Å². The maximum Gasteiger partial charge on any atom is 0.251 e. The summed E-state index contributed by atoms with van der Waals surface area (Å²) in [5, 5.41) is 6.29. The maximum atomic E-state index is 12.4. The number of nitrogens with one attached hydrogen (secondary N) is 2. The van der Waals surface area contributed by atoms with Crippen LogP contribution >= 0.6 is 0 Å². The van der Waals surface area contributed by atoms with Gasteiger partial charge in [0.05, 0.1) is 31.2 Å². The van der Waals surface area contributed by atoms with Crippen LogP contribution in [0.25, 0.3) is 16.9 Å². The van der Waals surface area contributed by atoms with E-state index < -0.39 is 0 Å². The summed E-state index contributed by atoms with van der Waals surface area (Å²) < 4.78 is 9.87. The van der Waals surface area contributed by atoms with Gasteiger partial charge in [0.1, 0.15) is 5.75 Å². The molecule has 2 N–H and O–H groups in total. The summed E-state index contributed by atoms with van der Waals surface area (Å²) in [5.74, 6) is 1.48. The maximum absolute atomic E-state index is 12.4. The van der Waals surface area contributed by atoms with Crippen molar-refractivity contribution in [1.29, 1.82) is 0 Å². The summed E-state index contributed by atoms with van der Waals surface area (Å²) in [5.41, 5.74) is 4.35. The molecular formula is C29H35N8O2+. The molecule has 1 atom stereocenters. The SMILES string of the molecule is C=CC(=O)Nc1cc(Nc2nccc(-n3c[n+](C)c4ccccc43)n2)c(OC)cc1N1CCCC(N(C)C)C1. The number of para-hydroxylation sites is 2. The fraction of sp³-hybridized carbons (Fsp3) is 0.310. The Bertz CT molecular complexity index is 1510. The lowest BCUT2D eigenvalue weighted by Crippen LogP contribution is -2.45. The van der Waals surface area contributed by atoms with Crippen LogP contribution in [0.3, 0.4) is 0 Å². The molecule has 2 aromatic carbocycles. The quantitative estimate of drug-likeness (QED) is 0.267. The van der Waals surface area contributed by atoms with Crippen LogP contribution in [0.1, 0.15) is 12.8 Å². The number of nitrogens with zero attached hydrogens (tertiary/aromatic N) is 6. The molecule has 0 bridgehead atoms. The van der Waals surface area contributed by atoms with Crippen LogP contribution in [0.2, 0.25) is 0 Å². The van der Waals surface area contributed by atoms with Gasteiger partial charge in [0, 0.05) is 37.5 Å². The van der Waals surface area contributed by atoms with Crippen molar-refractivity contribution in [1.82, 2.24) is 19.4 Å². The third kappa shape index (κ3) is 5.42. The van der Waals surface area contributed by atoms with Crippen LogP contribution < -0.4 is 24.8 Å². The second-order valence-corrected chi connectivity index (χ2v) is 9.92. The number of methoxy groups -OCH3 is 1. The number of carbonyl (C=O) groups excluding carboxylic acids is 1. The van der Waals surface area contributed by atoms with Gasteiger partial charge in [0.25, 0.3) is 6.33 Å². The standard InChI is InChI=1S/C29H34N8O2/c1-6-28(38)31-21-16-22(26(39-5)17-25(21)36-15-9-10-20(18-36)34(2)3)32-29-30-14-13-27(33-29)37-19-35(4)23-11-7-8-12-24(23)37/h6-8,11-14,16-17,19-20H,1,9-10,15,18H2,2-5H3,(H-,30,31,32,33,38)/p+1. The third-order valence-electron chi connectivity index (χ3n) is 7.17. The summed E-state index contributed by atoms with van der Waals surface area (Å²) in [6.07, 6.45) is 7.18. The zero-order valence-electron chi connectivity index (χ0n) is 22.9. The fourth-order valence-corrected chi connectivity index (χ4v) is 5.09. The molecule has 10 heteroatoms. The molecule has 1 saturated heterocycles. The summed E-state index contributed by atoms with van der Waals surface area (Å²) in [4.78, 5) is 26.2. The van der Waals surface area contributed by atoms with Crippen LogP contribution in [-0.2, 0) is 11.8 Å². The lowest BCUT2D eigenvalue weighted by atomic mass is 10.0. The number of benzene rings is 2. The number of hydrogen-bond acceptors (Lipinski definition) is 7. The van der Waals surface area contributed by atoms with Crippen molar-refractivity contribution in [2.75, 3.05) is 49.8 Å². The highest BCUT2D eigenvalue weighted by Crippen LogP contribution is 2.39. The Labute approximate surface area is 228 Å². The van der Waals surface area contributed by atoms with E-state index in [0.717, 1.165) is 48.5 Å². The molecule has 3 heterocycles. The molecule has 0 spiro atoms. The third-order valence-corrected chi connectivity index (χ3v) is 7.17. The zero-order chi connectivity index (χ0) is 27.5. The van der Waals surface area contributed by atoms with E-state index >= 15 is 0 Å². The number of fused-ring (bicyclic) bond motifs is 1. The molecule has 1 amide bonds. The monoisotopic (exact) mass is 527 g/mol. The number of imidazole rings is 1. The number of carbonyl (C=O) groups is 1. The van der Waals surface area contributed by atoms with Gasteiger partial charge >= 0.3 is 0 Å². The van der Waals surface area contributed by atoms with Crippen molar-refractivity contribution in [3.05, 3.63) is 67.6 Å². The fourth-order valence-electron chi connectivity index (χ4n) is 5.09. The molecule has 10 nitrogen and oxygen atoms in total. The van der Waals surface area contributed by atoms with Gasteiger partial charge in [0.2, 0.25) is 17.7 Å². The molecule has 1 aliphatic heterocycles. The van der Waals surface area contributed by atoms with Crippen LogP contribution in [0.5, 0.6) is 5.75 Å². The highest BCUT2D eigenvalue weighted by molar-refractivity contribution is 6.02. The summed E-state index contributed by atoms with van der Waals surface area (Å²) in [7, 11) is 7.85. The van der Waals surface area contributed by atoms with Gasteiger partial charge < -0.3 is 25.2 Å². The number of aryl methyl sites for hydroxylation is 1. The van der Waals surface area contributed by atoms with E-state index in [1.807, 2.05) is 48.3 Å². The highest BCUT2D eigenvalue weighted by Gasteiger charge is 2.25. The topological polar surface area (TPSA) is 91.4 Å². The van der Waals surface area contributed by atoms with E-state index in [1.165, 1.54) is 6.08 Å². The largest absolute Gasteiger partial charge is 0.494 e. The summed E-state index contributed by atoms with van der Waals surface area (Å²) >= 11 is 0. The van der Waals surface area contributed by atoms with Gasteiger partial charge in [-0.3, -0.25) is 4.79 Å². The lowest BCUT2D eigenvalue weighted by molar-refractivity contribution is -0.645. The van der Waals surface area contributed by atoms with Gasteiger partial charge in [0.15, 0.2) is 11.0 Å². The smallest absolute Gasteiger partial charge is 0.251 e. The van der Waals surface area contributed by atoms with Crippen LogP contribution in [-0.4, -0.2) is 65.7 Å². The normalized spacial score (nSPS) is 15.4. The first-order valence-electron chi connectivity index (χ1n) is 13.0. The molecular weight excluding hydrogens is 492 g/mol. The van der Waals surface area contributed by atoms with E-state index in [9.17, 15) is 4.79 Å². The Balaban J connectivity index is 1.51. The van der Waals surface area contributed by atoms with E-state index in [4.69, 9.17) is 9.72 Å². The molecule has 0 aliphatic carbocycles. The number of rotatable bonds is 8. The molecule has 4 aromatic rings. The van der Waals surface area contributed by atoms with E-state index in [1.54, 1.807) is 13.3 Å². The molecule has 0 saturated carbocycles. The second kappa shape index (κ2) is 11.1. The van der Waals surface area contributed by atoms with Crippen molar-refractivity contribution in [3.8, 4) is 11.6 Å². The van der Waals surface area contributed by atoms with Gasteiger partial charge in [-0.05, 0) is 51.2 Å². The van der Waals surface area contributed by atoms with E-state index in [0.29, 0.717) is 29.1 Å². The van der Waals surface area contributed by atoms with Crippen LogP contribution in [0, 0.1) is 0 Å². The average Bonchev–Trinajstić information content (AvgIpc) is 3.29. The minimum absolute atomic E-state index is 0.279. The van der Waals surface area contributed by atoms with Crippen molar-refractivity contribution >= 4 is 40.0 Å². The van der Waals surface area contributed by atoms with E-state index in [-0.39, 0.29) is 5.91 Å². The molecule has 0 radical (unpaired) electrons. The number of hydrogen-bond donors (Lipinski definition) is 2. The van der Waals surface area contributed by atoms with Gasteiger partial charge in [-0.1, -0.05) is 18.7 Å². The number of amides is 1. The first kappa shape index (κ1) is 26.2. The molecule has 5 rings (SSSR count). The van der Waals surface area contributed by atoms with Gasteiger partial charge in [-0.2, -0.15) is 9.55 Å². The number of aromatic nitrogens is 4. The predicted molar refractivity (Wildman–Crippen MR) is 154 cm³/mol. The average molecular weight is 528 g/mol. The van der Waals surface area contributed by atoms with Crippen LogP contribution in [0.15, 0.2) is 67.6 Å². The van der Waals surface area contributed by atoms with E-state index in [2.05, 4.69) is 62.8 Å². The molecule has 1 unspecified atom stereocenters.